The molecule has 170 valence electrons. The first-order chi connectivity index (χ1) is 14.4. The molecular formula is C19H23Cl2N3O5S2. The number of rotatable bonds is 10. The van der Waals surface area contributed by atoms with Gasteiger partial charge in [-0.2, -0.15) is 4.31 Å². The van der Waals surface area contributed by atoms with Gasteiger partial charge in [-0.1, -0.05) is 47.0 Å². The van der Waals surface area contributed by atoms with Crippen LogP contribution in [0.15, 0.2) is 47.4 Å². The van der Waals surface area contributed by atoms with Crippen molar-refractivity contribution in [3.8, 4) is 0 Å². The molecule has 31 heavy (non-hydrogen) atoms. The number of benzene rings is 2. The molecule has 0 atom stereocenters. The lowest BCUT2D eigenvalue weighted by molar-refractivity contribution is -0.121. The molecule has 1 amide bonds. The van der Waals surface area contributed by atoms with Crippen LogP contribution >= 0.6 is 23.2 Å². The second kappa shape index (κ2) is 10.8. The van der Waals surface area contributed by atoms with Crippen molar-refractivity contribution in [1.82, 2.24) is 14.3 Å². The van der Waals surface area contributed by atoms with Crippen LogP contribution in [0.25, 0.3) is 0 Å². The van der Waals surface area contributed by atoms with Gasteiger partial charge in [-0.25, -0.2) is 21.6 Å². The number of carbonyl (C=O) groups excluding carboxylic acids is 1. The van der Waals surface area contributed by atoms with Gasteiger partial charge in [-0.05, 0) is 36.8 Å². The highest BCUT2D eigenvalue weighted by Crippen LogP contribution is 2.23. The summed E-state index contributed by atoms with van der Waals surface area (Å²) in [7, 11) is -7.39. The zero-order chi connectivity index (χ0) is 23.2. The van der Waals surface area contributed by atoms with Crippen molar-refractivity contribution < 1.29 is 21.6 Å². The first-order valence-electron chi connectivity index (χ1n) is 9.10. The van der Waals surface area contributed by atoms with E-state index in [2.05, 4.69) is 10.0 Å². The fourth-order valence-corrected chi connectivity index (χ4v) is 4.62. The number of hydrogen-bond acceptors (Lipinski definition) is 5. The summed E-state index contributed by atoms with van der Waals surface area (Å²) in [6.45, 7) is 1.30. The molecule has 8 nitrogen and oxygen atoms in total. The fraction of sp³-hybridized carbons (Fsp3) is 0.316. The summed E-state index contributed by atoms with van der Waals surface area (Å²) < 4.78 is 51.9. The molecule has 0 fully saturated rings. The topological polar surface area (TPSA) is 113 Å². The van der Waals surface area contributed by atoms with Crippen molar-refractivity contribution >= 4 is 49.2 Å². The highest BCUT2D eigenvalue weighted by molar-refractivity contribution is 7.89. The minimum absolute atomic E-state index is 0.00566. The van der Waals surface area contributed by atoms with Gasteiger partial charge in [0, 0.05) is 19.6 Å². The second-order valence-corrected chi connectivity index (χ2v) is 11.4. The zero-order valence-corrected chi connectivity index (χ0v) is 20.1. The Balaban J connectivity index is 1.89. The van der Waals surface area contributed by atoms with Gasteiger partial charge in [0.2, 0.25) is 26.0 Å². The molecule has 12 heteroatoms. The summed E-state index contributed by atoms with van der Waals surface area (Å²) in [5.41, 5.74) is 1.50. The molecule has 2 rings (SSSR count). The Bertz CT molecular complexity index is 1140. The Morgan fingerprint density at radius 1 is 0.968 bits per heavy atom. The number of aryl methyl sites for hydroxylation is 1. The molecule has 0 bridgehead atoms. The van der Waals surface area contributed by atoms with Gasteiger partial charge in [0.25, 0.3) is 0 Å². The smallest absolute Gasteiger partial charge is 0.240 e. The van der Waals surface area contributed by atoms with Gasteiger partial charge in [-0.15, -0.1) is 0 Å². The number of carbonyl (C=O) groups is 1. The minimum atomic E-state index is -3.70. The van der Waals surface area contributed by atoms with Crippen LogP contribution in [-0.4, -0.2) is 52.9 Å². The van der Waals surface area contributed by atoms with Crippen molar-refractivity contribution in [2.45, 2.75) is 18.4 Å². The quantitative estimate of drug-likeness (QED) is 0.478. The van der Waals surface area contributed by atoms with Crippen LogP contribution in [0.1, 0.15) is 11.1 Å². The SMILES string of the molecule is Cc1ccc(S(=O)(=O)NCCNC(=O)CN(Cc2ccc(Cl)c(Cl)c2)S(C)(=O)=O)cc1. The van der Waals surface area contributed by atoms with Crippen LogP contribution < -0.4 is 10.0 Å². The Morgan fingerprint density at radius 2 is 1.61 bits per heavy atom. The first kappa shape index (κ1) is 25.6. The summed E-state index contributed by atoms with van der Waals surface area (Å²) in [6.07, 6.45) is 0.994. The fourth-order valence-electron chi connectivity index (χ4n) is 2.54. The average Bonchev–Trinajstić information content (AvgIpc) is 2.67. The molecule has 0 radical (unpaired) electrons. The van der Waals surface area contributed by atoms with Crippen molar-refractivity contribution in [3.05, 3.63) is 63.6 Å². The van der Waals surface area contributed by atoms with Gasteiger partial charge in [0.15, 0.2) is 0 Å². The normalized spacial score (nSPS) is 12.2. The Kier molecular flexibility index (Phi) is 8.87. The van der Waals surface area contributed by atoms with E-state index in [0.717, 1.165) is 16.1 Å². The molecule has 0 heterocycles. The van der Waals surface area contributed by atoms with E-state index in [9.17, 15) is 21.6 Å². The predicted molar refractivity (Wildman–Crippen MR) is 121 cm³/mol. The summed E-state index contributed by atoms with van der Waals surface area (Å²) in [5, 5.41) is 3.12. The minimum Gasteiger partial charge on any atom is -0.354 e. The molecule has 2 aromatic carbocycles. The second-order valence-electron chi connectivity index (χ2n) is 6.84. The molecule has 0 saturated carbocycles. The first-order valence-corrected chi connectivity index (χ1v) is 13.2. The van der Waals surface area contributed by atoms with Crippen molar-refractivity contribution in [2.75, 3.05) is 25.9 Å². The molecule has 0 aliphatic carbocycles. The van der Waals surface area contributed by atoms with Crippen LogP contribution in [0.4, 0.5) is 0 Å². The van der Waals surface area contributed by atoms with Crippen molar-refractivity contribution in [1.29, 1.82) is 0 Å². The van der Waals surface area contributed by atoms with Crippen molar-refractivity contribution in [3.63, 3.8) is 0 Å². The summed E-state index contributed by atoms with van der Waals surface area (Å²) in [5.74, 6) is -0.569. The van der Waals surface area contributed by atoms with E-state index >= 15 is 0 Å². The van der Waals surface area contributed by atoms with Crippen molar-refractivity contribution in [2.24, 2.45) is 0 Å². The average molecular weight is 508 g/mol. The zero-order valence-electron chi connectivity index (χ0n) is 16.9. The molecule has 2 N–H and O–H groups in total. The Morgan fingerprint density at radius 3 is 2.19 bits per heavy atom. The largest absolute Gasteiger partial charge is 0.354 e. The summed E-state index contributed by atoms with van der Waals surface area (Å²) >= 11 is 11.8. The molecule has 0 saturated heterocycles. The highest BCUT2D eigenvalue weighted by Gasteiger charge is 2.21. The third-order valence-corrected chi connectivity index (χ3v) is 7.61. The lowest BCUT2D eigenvalue weighted by atomic mass is 10.2. The summed E-state index contributed by atoms with van der Waals surface area (Å²) in [4.78, 5) is 12.3. The van der Waals surface area contributed by atoms with Crippen LogP contribution in [-0.2, 0) is 31.4 Å². The van der Waals surface area contributed by atoms with Crippen LogP contribution in [0.3, 0.4) is 0 Å². The number of hydrogen-bond donors (Lipinski definition) is 2. The number of amides is 1. The van der Waals surface area contributed by atoms with Crippen LogP contribution in [0.2, 0.25) is 10.0 Å². The van der Waals surface area contributed by atoms with Crippen LogP contribution in [0, 0.1) is 6.92 Å². The number of nitrogens with one attached hydrogen (secondary N) is 2. The molecule has 0 spiro atoms. The third kappa shape index (κ3) is 8.06. The van der Waals surface area contributed by atoms with E-state index in [0.29, 0.717) is 10.6 Å². The third-order valence-electron chi connectivity index (χ3n) is 4.20. The standard InChI is InChI=1S/C19H23Cl2N3O5S2/c1-14-3-6-16(7-4-14)31(28,29)23-10-9-22-19(25)13-24(30(2,26)27)12-15-5-8-17(20)18(21)11-15/h3-8,11,23H,9-10,12-13H2,1-2H3,(H,22,25). The van der Waals surface area contributed by atoms with E-state index in [-0.39, 0.29) is 29.6 Å². The maximum atomic E-state index is 12.2. The van der Waals surface area contributed by atoms with Gasteiger partial charge in [0.05, 0.1) is 27.7 Å². The van der Waals surface area contributed by atoms with Gasteiger partial charge >= 0.3 is 0 Å². The molecule has 0 aliphatic rings. The van der Waals surface area contributed by atoms with Gasteiger partial charge in [-0.3, -0.25) is 4.79 Å². The van der Waals surface area contributed by atoms with E-state index in [4.69, 9.17) is 23.2 Å². The monoisotopic (exact) mass is 507 g/mol. The van der Waals surface area contributed by atoms with Gasteiger partial charge < -0.3 is 5.32 Å². The van der Waals surface area contributed by atoms with E-state index in [1.54, 1.807) is 24.3 Å². The van der Waals surface area contributed by atoms with Crippen LogP contribution in [0.5, 0.6) is 0 Å². The molecule has 0 unspecified atom stereocenters. The lowest BCUT2D eigenvalue weighted by Crippen LogP contribution is -2.42. The number of sulfonamides is 2. The Labute approximate surface area is 192 Å². The maximum absolute atomic E-state index is 12.2. The Hall–Kier alpha value is -1.69. The molecule has 2 aromatic rings. The molecule has 0 aromatic heterocycles. The van der Waals surface area contributed by atoms with E-state index in [1.807, 2.05) is 6.92 Å². The maximum Gasteiger partial charge on any atom is 0.240 e. The molecular weight excluding hydrogens is 485 g/mol. The predicted octanol–water partition coefficient (Wildman–Crippen LogP) is 2.16. The number of nitrogens with zero attached hydrogens (tertiary/aromatic N) is 1. The number of halogens is 2. The molecule has 0 aliphatic heterocycles. The lowest BCUT2D eigenvalue weighted by Gasteiger charge is -2.20. The van der Waals surface area contributed by atoms with E-state index < -0.39 is 32.5 Å². The highest BCUT2D eigenvalue weighted by atomic mass is 35.5. The summed E-state index contributed by atoms with van der Waals surface area (Å²) in [6, 6.07) is 11.0. The van der Waals surface area contributed by atoms with E-state index in [1.165, 1.54) is 18.2 Å². The van der Waals surface area contributed by atoms with Gasteiger partial charge in [0.1, 0.15) is 0 Å².